The summed E-state index contributed by atoms with van der Waals surface area (Å²) in [5.41, 5.74) is 3.31. The minimum atomic E-state index is -0.583. The molecule has 0 unspecified atom stereocenters. The molecule has 220 valence electrons. The number of rotatable bonds is 9. The number of amidine groups is 1. The van der Waals surface area contributed by atoms with Crippen molar-refractivity contribution in [2.24, 2.45) is 10.9 Å². The van der Waals surface area contributed by atoms with Crippen LogP contribution in [0.2, 0.25) is 0 Å². The highest BCUT2D eigenvalue weighted by atomic mass is 32.2. The number of thioether (sulfide) groups is 1. The van der Waals surface area contributed by atoms with Crippen LogP contribution in [0, 0.1) is 5.92 Å². The fourth-order valence-electron chi connectivity index (χ4n) is 5.51. The number of methoxy groups -OCH3 is 1. The van der Waals surface area contributed by atoms with Crippen LogP contribution in [-0.4, -0.2) is 66.2 Å². The summed E-state index contributed by atoms with van der Waals surface area (Å²) in [6.07, 6.45) is 1.55. The Kier molecular flexibility index (Phi) is 9.31. The Morgan fingerprint density at radius 1 is 1.00 bits per heavy atom. The van der Waals surface area contributed by atoms with Gasteiger partial charge in [0.25, 0.3) is 0 Å². The smallest absolute Gasteiger partial charge is 0.338 e. The van der Waals surface area contributed by atoms with Gasteiger partial charge in [0.05, 0.1) is 50.0 Å². The number of amides is 1. The molecule has 1 amide bonds. The van der Waals surface area contributed by atoms with Gasteiger partial charge in [-0.05, 0) is 49.8 Å². The first-order valence-electron chi connectivity index (χ1n) is 14.2. The molecule has 0 aliphatic carbocycles. The zero-order chi connectivity index (χ0) is 29.6. The van der Waals surface area contributed by atoms with E-state index in [4.69, 9.17) is 19.2 Å². The van der Waals surface area contributed by atoms with Crippen LogP contribution < -0.4 is 4.74 Å². The van der Waals surface area contributed by atoms with Crippen LogP contribution in [-0.2, 0) is 23.9 Å². The predicted molar refractivity (Wildman–Crippen MR) is 161 cm³/mol. The van der Waals surface area contributed by atoms with Crippen molar-refractivity contribution in [2.75, 3.05) is 33.4 Å². The van der Waals surface area contributed by atoms with Gasteiger partial charge in [-0.2, -0.15) is 0 Å². The number of hydrogen-bond acceptors (Lipinski definition) is 9. The van der Waals surface area contributed by atoms with Crippen LogP contribution in [0.3, 0.4) is 0 Å². The Bertz CT molecular complexity index is 1420. The van der Waals surface area contributed by atoms with Crippen LogP contribution in [0.5, 0.6) is 5.75 Å². The van der Waals surface area contributed by atoms with E-state index in [1.54, 1.807) is 25.9 Å². The molecule has 2 atom stereocenters. The molecule has 5 rings (SSSR count). The normalized spacial score (nSPS) is 20.0. The molecule has 9 nitrogen and oxygen atoms in total. The number of ether oxygens (including phenoxy) is 3. The molecule has 1 saturated heterocycles. The van der Waals surface area contributed by atoms with Crippen LogP contribution in [0.1, 0.15) is 50.3 Å². The van der Waals surface area contributed by atoms with E-state index in [1.807, 2.05) is 64.9 Å². The highest BCUT2D eigenvalue weighted by Gasteiger charge is 2.43. The maximum atomic E-state index is 13.7. The largest absolute Gasteiger partial charge is 0.497 e. The van der Waals surface area contributed by atoms with E-state index in [-0.39, 0.29) is 30.8 Å². The molecular weight excluding hydrogens is 554 g/mol. The van der Waals surface area contributed by atoms with Crippen LogP contribution in [0.4, 0.5) is 0 Å². The SMILES string of the molecule is CCOC(=O)C1=C(c2ccccc2)N=C2SC=C(CC(=O)N3CCC[C@@H](C(=O)OCC)C3)N2[C@@H]1c1ccc(OC)cc1. The molecule has 0 N–H and O–H groups in total. The van der Waals surface area contributed by atoms with Gasteiger partial charge in [0.1, 0.15) is 5.75 Å². The molecule has 0 radical (unpaired) electrons. The van der Waals surface area contributed by atoms with Crippen LogP contribution in [0.25, 0.3) is 5.70 Å². The van der Waals surface area contributed by atoms with Crippen LogP contribution in [0.15, 0.2) is 76.3 Å². The van der Waals surface area contributed by atoms with Gasteiger partial charge in [0.2, 0.25) is 5.91 Å². The second-order valence-corrected chi connectivity index (χ2v) is 11.0. The summed E-state index contributed by atoms with van der Waals surface area (Å²) >= 11 is 1.42. The lowest BCUT2D eigenvalue weighted by atomic mass is 9.91. The van der Waals surface area contributed by atoms with E-state index in [0.29, 0.717) is 48.3 Å². The van der Waals surface area contributed by atoms with E-state index < -0.39 is 12.0 Å². The van der Waals surface area contributed by atoms with Gasteiger partial charge in [-0.15, -0.1) is 0 Å². The van der Waals surface area contributed by atoms with Gasteiger partial charge in [-0.25, -0.2) is 9.79 Å². The topological polar surface area (TPSA) is 97.7 Å². The standard InChI is InChI=1S/C32H35N3O6S/c1-4-40-30(37)23-12-9-17-34(19-23)26(36)18-24-20-42-32-33-28(21-10-7-6-8-11-21)27(31(38)41-5-2)29(35(24)32)22-13-15-25(39-3)16-14-22/h6-8,10-11,13-16,20,23,29H,4-5,9,12,17-19H2,1-3H3/t23-,29-/m1/s1. The summed E-state index contributed by atoms with van der Waals surface area (Å²) in [7, 11) is 1.61. The number of esters is 2. The number of likely N-dealkylation sites (tertiary alicyclic amines) is 1. The Morgan fingerprint density at radius 3 is 2.43 bits per heavy atom. The lowest BCUT2D eigenvalue weighted by Crippen LogP contribution is -2.44. The Labute approximate surface area is 250 Å². The van der Waals surface area contributed by atoms with Crippen molar-refractivity contribution >= 4 is 40.5 Å². The molecule has 3 aliphatic heterocycles. The van der Waals surface area contributed by atoms with Gasteiger partial charge in [0.15, 0.2) is 5.17 Å². The van der Waals surface area contributed by atoms with Crippen molar-refractivity contribution in [2.45, 2.75) is 39.2 Å². The van der Waals surface area contributed by atoms with Crippen molar-refractivity contribution in [3.63, 3.8) is 0 Å². The van der Waals surface area contributed by atoms with Crippen molar-refractivity contribution in [3.8, 4) is 5.75 Å². The van der Waals surface area contributed by atoms with E-state index in [0.717, 1.165) is 23.2 Å². The number of aliphatic imine (C=N–C) groups is 1. The zero-order valence-electron chi connectivity index (χ0n) is 24.1. The fraction of sp³-hybridized carbons (Fsp3) is 0.375. The summed E-state index contributed by atoms with van der Waals surface area (Å²) in [6.45, 7) is 5.02. The Morgan fingerprint density at radius 2 is 1.74 bits per heavy atom. The summed E-state index contributed by atoms with van der Waals surface area (Å²) in [4.78, 5) is 48.3. The molecule has 1 fully saturated rings. The molecule has 42 heavy (non-hydrogen) atoms. The summed E-state index contributed by atoms with van der Waals surface area (Å²) < 4.78 is 16.2. The first-order chi connectivity index (χ1) is 20.4. The van der Waals surface area contributed by atoms with E-state index in [1.165, 1.54) is 11.8 Å². The summed E-state index contributed by atoms with van der Waals surface area (Å²) in [5, 5.41) is 2.60. The Hall–Kier alpha value is -4.05. The average Bonchev–Trinajstić information content (AvgIpc) is 3.43. The first kappa shape index (κ1) is 29.4. The molecule has 10 heteroatoms. The van der Waals surface area contributed by atoms with Gasteiger partial charge >= 0.3 is 11.9 Å². The molecule has 0 spiro atoms. The minimum Gasteiger partial charge on any atom is -0.497 e. The predicted octanol–water partition coefficient (Wildman–Crippen LogP) is 5.16. The number of carbonyl (C=O) groups excluding carboxylic acids is 3. The quantitative estimate of drug-likeness (QED) is 0.370. The Balaban J connectivity index is 1.51. The third-order valence-electron chi connectivity index (χ3n) is 7.51. The van der Waals surface area contributed by atoms with Gasteiger partial charge in [-0.1, -0.05) is 54.2 Å². The van der Waals surface area contributed by atoms with Crippen molar-refractivity contribution in [1.29, 1.82) is 0 Å². The first-order valence-corrected chi connectivity index (χ1v) is 15.1. The third kappa shape index (κ3) is 6.09. The summed E-state index contributed by atoms with van der Waals surface area (Å²) in [5.74, 6) is -0.429. The molecule has 0 bridgehead atoms. The number of benzene rings is 2. The van der Waals surface area contributed by atoms with E-state index >= 15 is 0 Å². The molecule has 3 aliphatic rings. The highest BCUT2D eigenvalue weighted by Crippen LogP contribution is 2.47. The average molecular weight is 590 g/mol. The van der Waals surface area contributed by atoms with Crippen molar-refractivity contribution in [3.05, 3.63) is 82.4 Å². The number of nitrogens with zero attached hydrogens (tertiary/aromatic N) is 3. The van der Waals surface area contributed by atoms with Gasteiger partial charge < -0.3 is 24.0 Å². The minimum absolute atomic E-state index is 0.0823. The molecule has 2 aromatic rings. The zero-order valence-corrected chi connectivity index (χ0v) is 24.9. The maximum absolute atomic E-state index is 13.7. The molecule has 3 heterocycles. The molecule has 2 aromatic carbocycles. The van der Waals surface area contributed by atoms with Crippen molar-refractivity contribution in [1.82, 2.24) is 9.80 Å². The van der Waals surface area contributed by atoms with E-state index in [2.05, 4.69) is 0 Å². The molecule has 0 saturated carbocycles. The number of hydrogen-bond donors (Lipinski definition) is 0. The number of piperidine rings is 1. The van der Waals surface area contributed by atoms with Gasteiger partial charge in [0, 0.05) is 24.4 Å². The van der Waals surface area contributed by atoms with E-state index in [9.17, 15) is 14.4 Å². The van der Waals surface area contributed by atoms with Crippen molar-refractivity contribution < 1.29 is 28.6 Å². The second-order valence-electron chi connectivity index (χ2n) is 10.1. The number of fused-ring (bicyclic) bond motifs is 1. The summed E-state index contributed by atoms with van der Waals surface area (Å²) in [6, 6.07) is 16.6. The maximum Gasteiger partial charge on any atom is 0.338 e. The fourth-order valence-corrected chi connectivity index (χ4v) is 6.43. The molecular formula is C32H35N3O6S. The lowest BCUT2D eigenvalue weighted by Gasteiger charge is -2.37. The highest BCUT2D eigenvalue weighted by molar-refractivity contribution is 8.16. The second kappa shape index (κ2) is 13.3. The number of carbonyl (C=O) groups is 3. The third-order valence-corrected chi connectivity index (χ3v) is 8.40. The monoisotopic (exact) mass is 589 g/mol. The molecule has 0 aromatic heterocycles. The van der Waals surface area contributed by atoms with Gasteiger partial charge in [-0.3, -0.25) is 9.59 Å². The lowest BCUT2D eigenvalue weighted by molar-refractivity contribution is -0.151. The van der Waals surface area contributed by atoms with Crippen LogP contribution >= 0.6 is 11.8 Å².